The molecule has 1 heterocycles. The van der Waals surface area contributed by atoms with Gasteiger partial charge in [0.1, 0.15) is 11.3 Å². The third kappa shape index (κ3) is 4.10. The van der Waals surface area contributed by atoms with Gasteiger partial charge in [-0.1, -0.05) is 13.3 Å². The minimum Gasteiger partial charge on any atom is -0.497 e. The lowest BCUT2D eigenvalue weighted by molar-refractivity contribution is -0.147. The molecule has 1 aliphatic heterocycles. The molecule has 2 rings (SSSR count). The zero-order valence-electron chi connectivity index (χ0n) is 14.7. The predicted molar refractivity (Wildman–Crippen MR) is 92.5 cm³/mol. The Morgan fingerprint density at radius 1 is 1.36 bits per heavy atom. The second-order valence-electron chi connectivity index (χ2n) is 6.48. The van der Waals surface area contributed by atoms with E-state index in [1.807, 2.05) is 6.92 Å². The van der Waals surface area contributed by atoms with E-state index in [0.29, 0.717) is 24.3 Å². The standard InChI is InChI=1S/C18H24N2O5/c1-4-9-18(2,17(23)24)19-16(22)12-10-15(21)20(11-12)13-5-7-14(25-3)8-6-13/h5-8,12H,4,9-11H2,1-3H3,(H,19,22)(H,23,24). The molecule has 7 heteroatoms. The number of carboxylic acid groups (broad SMARTS) is 1. The van der Waals surface area contributed by atoms with E-state index < -0.39 is 23.3 Å². The van der Waals surface area contributed by atoms with Crippen LogP contribution >= 0.6 is 0 Å². The van der Waals surface area contributed by atoms with Gasteiger partial charge in [0.05, 0.1) is 13.0 Å². The molecule has 0 aliphatic carbocycles. The maximum absolute atomic E-state index is 12.5. The van der Waals surface area contributed by atoms with Crippen LogP contribution < -0.4 is 15.0 Å². The fourth-order valence-corrected chi connectivity index (χ4v) is 2.99. The molecule has 1 aliphatic rings. The van der Waals surface area contributed by atoms with Gasteiger partial charge in [0, 0.05) is 18.7 Å². The lowest BCUT2D eigenvalue weighted by Gasteiger charge is -2.27. The number of ether oxygens (including phenoxy) is 1. The molecule has 2 amide bonds. The number of nitrogens with zero attached hydrogens (tertiary/aromatic N) is 1. The van der Waals surface area contributed by atoms with Crippen LogP contribution in [-0.2, 0) is 14.4 Å². The monoisotopic (exact) mass is 348 g/mol. The number of aliphatic carboxylic acids is 1. The van der Waals surface area contributed by atoms with Gasteiger partial charge in [-0.2, -0.15) is 0 Å². The molecule has 2 unspecified atom stereocenters. The first-order valence-corrected chi connectivity index (χ1v) is 8.30. The number of carbonyl (C=O) groups is 3. The molecule has 0 bridgehead atoms. The fourth-order valence-electron chi connectivity index (χ4n) is 2.99. The van der Waals surface area contributed by atoms with Gasteiger partial charge in [-0.05, 0) is 37.6 Å². The average molecular weight is 348 g/mol. The largest absolute Gasteiger partial charge is 0.497 e. The number of hydrogen-bond acceptors (Lipinski definition) is 4. The molecule has 1 saturated heterocycles. The summed E-state index contributed by atoms with van der Waals surface area (Å²) < 4.78 is 5.10. The summed E-state index contributed by atoms with van der Waals surface area (Å²) in [6, 6.07) is 7.02. The van der Waals surface area contributed by atoms with Crippen molar-refractivity contribution < 1.29 is 24.2 Å². The van der Waals surface area contributed by atoms with Crippen LogP contribution in [0.15, 0.2) is 24.3 Å². The fraction of sp³-hybridized carbons (Fsp3) is 0.500. The van der Waals surface area contributed by atoms with Crippen molar-refractivity contribution in [3.63, 3.8) is 0 Å². The van der Waals surface area contributed by atoms with E-state index in [2.05, 4.69) is 5.32 Å². The van der Waals surface area contributed by atoms with Crippen molar-refractivity contribution in [3.05, 3.63) is 24.3 Å². The molecule has 1 aromatic carbocycles. The van der Waals surface area contributed by atoms with Crippen LogP contribution in [0.4, 0.5) is 5.69 Å². The number of amides is 2. The number of methoxy groups -OCH3 is 1. The topological polar surface area (TPSA) is 95.9 Å². The smallest absolute Gasteiger partial charge is 0.329 e. The molecule has 136 valence electrons. The van der Waals surface area contributed by atoms with Gasteiger partial charge in [-0.15, -0.1) is 0 Å². The molecule has 0 radical (unpaired) electrons. The normalized spacial score (nSPS) is 19.4. The van der Waals surface area contributed by atoms with Crippen LogP contribution in [0.3, 0.4) is 0 Å². The lowest BCUT2D eigenvalue weighted by atomic mass is 9.95. The maximum atomic E-state index is 12.5. The second kappa shape index (κ2) is 7.55. The molecule has 1 fully saturated rings. The minimum absolute atomic E-state index is 0.0691. The summed E-state index contributed by atoms with van der Waals surface area (Å²) in [5, 5.41) is 12.0. The molecule has 1 aromatic rings. The van der Waals surface area contributed by atoms with E-state index in [9.17, 15) is 19.5 Å². The lowest BCUT2D eigenvalue weighted by Crippen LogP contribution is -2.54. The summed E-state index contributed by atoms with van der Waals surface area (Å²) in [6.45, 7) is 3.59. The van der Waals surface area contributed by atoms with Crippen molar-refractivity contribution in [2.45, 2.75) is 38.6 Å². The quantitative estimate of drug-likeness (QED) is 0.783. The van der Waals surface area contributed by atoms with E-state index in [0.717, 1.165) is 0 Å². The average Bonchev–Trinajstić information content (AvgIpc) is 2.97. The Balaban J connectivity index is 2.08. The maximum Gasteiger partial charge on any atom is 0.329 e. The Labute approximate surface area is 147 Å². The molecular weight excluding hydrogens is 324 g/mol. The number of carbonyl (C=O) groups excluding carboxylic acids is 2. The zero-order chi connectivity index (χ0) is 18.6. The molecule has 0 saturated carbocycles. The molecule has 0 aromatic heterocycles. The Bertz CT molecular complexity index is 658. The summed E-state index contributed by atoms with van der Waals surface area (Å²) in [4.78, 5) is 37.8. The van der Waals surface area contributed by atoms with Crippen LogP contribution in [0.25, 0.3) is 0 Å². The first kappa shape index (κ1) is 18.8. The SMILES string of the molecule is CCCC(C)(NC(=O)C1CC(=O)N(c2ccc(OC)cc2)C1)C(=O)O. The highest BCUT2D eigenvalue weighted by Crippen LogP contribution is 2.27. The summed E-state index contributed by atoms with van der Waals surface area (Å²) in [7, 11) is 1.56. The second-order valence-corrected chi connectivity index (χ2v) is 6.48. The van der Waals surface area contributed by atoms with E-state index in [4.69, 9.17) is 4.74 Å². The summed E-state index contributed by atoms with van der Waals surface area (Å²) >= 11 is 0. The van der Waals surface area contributed by atoms with Crippen molar-refractivity contribution in [1.82, 2.24) is 5.32 Å². The molecule has 0 spiro atoms. The van der Waals surface area contributed by atoms with Crippen LogP contribution in [0, 0.1) is 5.92 Å². The van der Waals surface area contributed by atoms with Crippen LogP contribution in [0.5, 0.6) is 5.75 Å². The Hall–Kier alpha value is -2.57. The van der Waals surface area contributed by atoms with Crippen molar-refractivity contribution in [1.29, 1.82) is 0 Å². The van der Waals surface area contributed by atoms with Gasteiger partial charge in [0.25, 0.3) is 0 Å². The molecule has 7 nitrogen and oxygen atoms in total. The number of rotatable bonds is 7. The Kier molecular flexibility index (Phi) is 5.66. The highest BCUT2D eigenvalue weighted by molar-refractivity contribution is 6.01. The van der Waals surface area contributed by atoms with E-state index in [-0.39, 0.29) is 18.9 Å². The number of anilines is 1. The van der Waals surface area contributed by atoms with Crippen LogP contribution in [-0.4, -0.2) is 42.1 Å². The highest BCUT2D eigenvalue weighted by atomic mass is 16.5. The highest BCUT2D eigenvalue weighted by Gasteiger charge is 2.40. The first-order valence-electron chi connectivity index (χ1n) is 8.30. The molecule has 2 atom stereocenters. The summed E-state index contributed by atoms with van der Waals surface area (Å²) in [5.74, 6) is -1.51. The van der Waals surface area contributed by atoms with Crippen molar-refractivity contribution >= 4 is 23.5 Å². The predicted octanol–water partition coefficient (Wildman–Crippen LogP) is 1.81. The molecule has 25 heavy (non-hydrogen) atoms. The van der Waals surface area contributed by atoms with Crippen LogP contribution in [0.2, 0.25) is 0 Å². The van der Waals surface area contributed by atoms with Gasteiger partial charge >= 0.3 is 5.97 Å². The van der Waals surface area contributed by atoms with Gasteiger partial charge in [0.2, 0.25) is 11.8 Å². The van der Waals surface area contributed by atoms with E-state index in [1.54, 1.807) is 36.3 Å². The number of benzene rings is 1. The van der Waals surface area contributed by atoms with Gasteiger partial charge in [-0.3, -0.25) is 9.59 Å². The zero-order valence-corrected chi connectivity index (χ0v) is 14.7. The van der Waals surface area contributed by atoms with Gasteiger partial charge in [0.15, 0.2) is 0 Å². The summed E-state index contributed by atoms with van der Waals surface area (Å²) in [6.07, 6.45) is 1.03. The molecular formula is C18H24N2O5. The molecule has 2 N–H and O–H groups in total. The number of carboxylic acids is 1. The first-order chi connectivity index (χ1) is 11.8. The Morgan fingerprint density at radius 3 is 2.52 bits per heavy atom. The third-order valence-corrected chi connectivity index (χ3v) is 4.50. The summed E-state index contributed by atoms with van der Waals surface area (Å²) in [5.41, 5.74) is -0.627. The Morgan fingerprint density at radius 2 is 2.00 bits per heavy atom. The van der Waals surface area contributed by atoms with Crippen molar-refractivity contribution in [2.75, 3.05) is 18.6 Å². The van der Waals surface area contributed by atoms with Crippen molar-refractivity contribution in [2.24, 2.45) is 5.92 Å². The minimum atomic E-state index is -1.32. The van der Waals surface area contributed by atoms with Gasteiger partial charge in [-0.25, -0.2) is 4.79 Å². The number of nitrogens with one attached hydrogen (secondary N) is 1. The van der Waals surface area contributed by atoms with Gasteiger partial charge < -0.3 is 20.1 Å². The van der Waals surface area contributed by atoms with Crippen molar-refractivity contribution in [3.8, 4) is 5.75 Å². The van der Waals surface area contributed by atoms with E-state index in [1.165, 1.54) is 6.92 Å². The number of hydrogen-bond donors (Lipinski definition) is 2. The van der Waals surface area contributed by atoms with E-state index >= 15 is 0 Å². The van der Waals surface area contributed by atoms with Crippen LogP contribution in [0.1, 0.15) is 33.1 Å². The third-order valence-electron chi connectivity index (χ3n) is 4.50.